The Morgan fingerprint density at radius 1 is 1.03 bits per heavy atom. The van der Waals surface area contributed by atoms with Gasteiger partial charge in [0.15, 0.2) is 5.78 Å². The molecule has 160 valence electrons. The zero-order valence-corrected chi connectivity index (χ0v) is 18.3. The van der Waals surface area contributed by atoms with Crippen molar-refractivity contribution in [1.29, 1.82) is 0 Å². The van der Waals surface area contributed by atoms with Crippen molar-refractivity contribution in [1.82, 2.24) is 0 Å². The van der Waals surface area contributed by atoms with Crippen LogP contribution in [0, 0.1) is 5.92 Å². The molecule has 4 rings (SSSR count). The van der Waals surface area contributed by atoms with Crippen molar-refractivity contribution in [2.75, 3.05) is 19.1 Å². The first kappa shape index (κ1) is 21.2. The maximum absolute atomic E-state index is 13.3. The van der Waals surface area contributed by atoms with E-state index in [1.165, 1.54) is 14.2 Å². The van der Waals surface area contributed by atoms with Crippen LogP contribution in [-0.2, 0) is 9.59 Å². The van der Waals surface area contributed by atoms with Crippen molar-refractivity contribution in [2.24, 2.45) is 5.92 Å². The molecule has 0 aromatic heterocycles. The minimum Gasteiger partial charge on any atom is -0.495 e. The molecular weight excluding hydrogens is 414 g/mol. The number of ketones is 1. The molecule has 1 aliphatic heterocycles. The lowest BCUT2D eigenvalue weighted by atomic mass is 9.80. The van der Waals surface area contributed by atoms with Crippen molar-refractivity contribution >= 4 is 35.1 Å². The maximum Gasteiger partial charge on any atom is 0.232 e. The number of ether oxygens (including phenoxy) is 2. The molecule has 0 saturated heterocycles. The molecule has 1 aliphatic carbocycles. The normalized spacial score (nSPS) is 19.1. The number of benzene rings is 2. The summed E-state index contributed by atoms with van der Waals surface area (Å²) in [5, 5.41) is 0.376. The van der Waals surface area contributed by atoms with Gasteiger partial charge < -0.3 is 9.47 Å². The summed E-state index contributed by atoms with van der Waals surface area (Å²) in [6.45, 7) is 0. The van der Waals surface area contributed by atoms with E-state index in [1.54, 1.807) is 17.0 Å². The number of hydrogen-bond acceptors (Lipinski definition) is 4. The van der Waals surface area contributed by atoms with E-state index < -0.39 is 0 Å². The van der Waals surface area contributed by atoms with Gasteiger partial charge in [-0.2, -0.15) is 0 Å². The van der Waals surface area contributed by atoms with E-state index in [4.69, 9.17) is 21.1 Å². The number of halogens is 1. The standard InChI is InChI=1S/C25H24ClNO4/c1-30-22-15-23(31-2)20(14-18(22)26)27-19-9-6-10-21(28)25(19)17(13-24(27)29)12-11-16-7-4-3-5-8-16/h3-5,7-8,11-12,14-15,17H,6,9-10,13H2,1-2H3/b12-11+. The van der Waals surface area contributed by atoms with E-state index in [0.29, 0.717) is 47.0 Å². The minimum absolute atomic E-state index is 0.0873. The SMILES string of the molecule is COc1cc(OC)c(N2C(=O)CC(/C=C/c3ccccc3)C3=C2CCCC3=O)cc1Cl. The van der Waals surface area contributed by atoms with Gasteiger partial charge in [0.25, 0.3) is 0 Å². The van der Waals surface area contributed by atoms with E-state index in [2.05, 4.69) is 0 Å². The summed E-state index contributed by atoms with van der Waals surface area (Å²) in [6.07, 6.45) is 6.02. The van der Waals surface area contributed by atoms with Gasteiger partial charge in [0, 0.05) is 36.1 Å². The van der Waals surface area contributed by atoms with Gasteiger partial charge in [0.05, 0.1) is 24.9 Å². The fourth-order valence-electron chi connectivity index (χ4n) is 4.29. The van der Waals surface area contributed by atoms with Gasteiger partial charge in [-0.05, 0) is 24.5 Å². The Labute approximate surface area is 186 Å². The van der Waals surface area contributed by atoms with Crippen molar-refractivity contribution in [3.63, 3.8) is 0 Å². The van der Waals surface area contributed by atoms with Crippen molar-refractivity contribution < 1.29 is 19.1 Å². The van der Waals surface area contributed by atoms with Crippen LogP contribution in [0.15, 0.2) is 59.8 Å². The third-order valence-electron chi connectivity index (χ3n) is 5.73. The van der Waals surface area contributed by atoms with Gasteiger partial charge in [-0.1, -0.05) is 54.1 Å². The number of nitrogens with zero attached hydrogens (tertiary/aromatic N) is 1. The molecular formula is C25H24ClNO4. The number of methoxy groups -OCH3 is 2. The van der Waals surface area contributed by atoms with E-state index in [-0.39, 0.29) is 24.0 Å². The molecule has 1 heterocycles. The second-order valence-corrected chi connectivity index (χ2v) is 8.01. The van der Waals surface area contributed by atoms with E-state index in [9.17, 15) is 9.59 Å². The van der Waals surface area contributed by atoms with Crippen LogP contribution in [0.1, 0.15) is 31.2 Å². The fourth-order valence-corrected chi connectivity index (χ4v) is 4.52. The molecule has 1 amide bonds. The summed E-state index contributed by atoms with van der Waals surface area (Å²) >= 11 is 6.36. The first-order valence-electron chi connectivity index (χ1n) is 10.3. The summed E-state index contributed by atoms with van der Waals surface area (Å²) in [5.74, 6) is 0.698. The smallest absolute Gasteiger partial charge is 0.232 e. The van der Waals surface area contributed by atoms with E-state index >= 15 is 0 Å². The molecule has 31 heavy (non-hydrogen) atoms. The third kappa shape index (κ3) is 4.10. The quantitative estimate of drug-likeness (QED) is 0.625. The zero-order chi connectivity index (χ0) is 22.0. The van der Waals surface area contributed by atoms with Crippen LogP contribution in [0.5, 0.6) is 11.5 Å². The molecule has 0 fully saturated rings. The Bertz CT molecular complexity index is 1070. The number of hydrogen-bond donors (Lipinski definition) is 0. The molecule has 0 bridgehead atoms. The van der Waals surface area contributed by atoms with Gasteiger partial charge in [-0.3, -0.25) is 14.5 Å². The summed E-state index contributed by atoms with van der Waals surface area (Å²) in [5.41, 5.74) is 3.03. The van der Waals surface area contributed by atoms with Crippen LogP contribution in [0.25, 0.3) is 6.08 Å². The Hall–Kier alpha value is -3.05. The molecule has 0 saturated carbocycles. The van der Waals surface area contributed by atoms with Gasteiger partial charge in [0.1, 0.15) is 11.5 Å². The molecule has 2 aromatic rings. The molecule has 2 aromatic carbocycles. The molecule has 0 N–H and O–H groups in total. The van der Waals surface area contributed by atoms with Crippen LogP contribution >= 0.6 is 11.6 Å². The largest absolute Gasteiger partial charge is 0.495 e. The molecule has 0 radical (unpaired) electrons. The predicted molar refractivity (Wildman–Crippen MR) is 122 cm³/mol. The summed E-state index contributed by atoms with van der Waals surface area (Å²) < 4.78 is 10.8. The summed E-state index contributed by atoms with van der Waals surface area (Å²) in [4.78, 5) is 27.9. The number of carbonyl (C=O) groups is 2. The predicted octanol–water partition coefficient (Wildman–Crippen LogP) is 5.43. The van der Waals surface area contributed by atoms with Crippen LogP contribution in [0.2, 0.25) is 5.02 Å². The minimum atomic E-state index is -0.244. The van der Waals surface area contributed by atoms with Crippen molar-refractivity contribution in [3.05, 3.63) is 70.4 Å². The Morgan fingerprint density at radius 3 is 2.48 bits per heavy atom. The van der Waals surface area contributed by atoms with Crippen LogP contribution in [0.4, 0.5) is 5.69 Å². The lowest BCUT2D eigenvalue weighted by Crippen LogP contribution is -2.41. The molecule has 5 nitrogen and oxygen atoms in total. The molecule has 6 heteroatoms. The monoisotopic (exact) mass is 437 g/mol. The van der Waals surface area contributed by atoms with Gasteiger partial charge in [-0.25, -0.2) is 0 Å². The van der Waals surface area contributed by atoms with Crippen LogP contribution in [0.3, 0.4) is 0 Å². The fraction of sp³-hybridized carbons (Fsp3) is 0.280. The Balaban J connectivity index is 1.80. The van der Waals surface area contributed by atoms with E-state index in [0.717, 1.165) is 11.3 Å². The number of carbonyl (C=O) groups excluding carboxylic acids is 2. The number of rotatable bonds is 5. The number of allylic oxidation sites excluding steroid dienone is 3. The molecule has 1 atom stereocenters. The highest BCUT2D eigenvalue weighted by Gasteiger charge is 2.39. The first-order chi connectivity index (χ1) is 15.0. The van der Waals surface area contributed by atoms with Gasteiger partial charge in [-0.15, -0.1) is 0 Å². The number of Topliss-reactive ketones (excluding diaryl/α,β-unsaturated/α-hetero) is 1. The number of anilines is 1. The lowest BCUT2D eigenvalue weighted by Gasteiger charge is -2.38. The average Bonchev–Trinajstić information content (AvgIpc) is 2.78. The summed E-state index contributed by atoms with van der Waals surface area (Å²) in [7, 11) is 3.06. The van der Waals surface area contributed by atoms with Crippen molar-refractivity contribution in [3.8, 4) is 11.5 Å². The number of amides is 1. The maximum atomic E-state index is 13.3. The second-order valence-electron chi connectivity index (χ2n) is 7.61. The first-order valence-corrected chi connectivity index (χ1v) is 10.6. The molecule has 2 aliphatic rings. The average molecular weight is 438 g/mol. The highest BCUT2D eigenvalue weighted by Crippen LogP contribution is 2.45. The highest BCUT2D eigenvalue weighted by molar-refractivity contribution is 6.32. The van der Waals surface area contributed by atoms with Gasteiger partial charge >= 0.3 is 0 Å². The van der Waals surface area contributed by atoms with E-state index in [1.807, 2.05) is 42.5 Å². The highest BCUT2D eigenvalue weighted by atomic mass is 35.5. The van der Waals surface area contributed by atoms with Crippen LogP contribution < -0.4 is 14.4 Å². The Kier molecular flexibility index (Phi) is 6.14. The van der Waals surface area contributed by atoms with Gasteiger partial charge in [0.2, 0.25) is 5.91 Å². The van der Waals surface area contributed by atoms with Crippen LogP contribution in [-0.4, -0.2) is 25.9 Å². The second kappa shape index (κ2) is 8.98. The summed E-state index contributed by atoms with van der Waals surface area (Å²) in [6, 6.07) is 13.2. The molecule has 1 unspecified atom stereocenters. The molecule has 0 spiro atoms. The zero-order valence-electron chi connectivity index (χ0n) is 17.6. The topological polar surface area (TPSA) is 55.8 Å². The Morgan fingerprint density at radius 2 is 1.77 bits per heavy atom. The van der Waals surface area contributed by atoms with Crippen molar-refractivity contribution in [2.45, 2.75) is 25.7 Å². The third-order valence-corrected chi connectivity index (χ3v) is 6.02. The lowest BCUT2D eigenvalue weighted by molar-refractivity contribution is -0.120.